The number of aliphatic hydroxyl groups is 1. The predicted molar refractivity (Wildman–Crippen MR) is 101 cm³/mol. The number of aliphatic hydroxyl groups excluding tert-OH is 1. The number of hydrogen-bond donors (Lipinski definition) is 1. The molecule has 1 spiro atoms. The van der Waals surface area contributed by atoms with Gasteiger partial charge >= 0.3 is 6.03 Å². The number of benzene rings is 1. The highest BCUT2D eigenvalue weighted by Gasteiger charge is 2.70. The molecule has 4 heterocycles. The fourth-order valence-corrected chi connectivity index (χ4v) is 6.59. The van der Waals surface area contributed by atoms with Crippen molar-refractivity contribution in [1.82, 2.24) is 18.7 Å². The molecule has 2 saturated heterocycles. The first kappa shape index (κ1) is 18.2. The lowest BCUT2D eigenvalue weighted by atomic mass is 10.00. The van der Waals surface area contributed by atoms with E-state index in [2.05, 4.69) is 0 Å². The van der Waals surface area contributed by atoms with Crippen LogP contribution in [0, 0.1) is 6.92 Å². The van der Waals surface area contributed by atoms with E-state index >= 15 is 0 Å². The molecule has 3 amide bonds. The van der Waals surface area contributed by atoms with Crippen LogP contribution in [-0.2, 0) is 10.0 Å². The molecule has 0 radical (unpaired) electrons. The number of likely N-dealkylation sites (N-methyl/N-ethyl adjacent to an activating group) is 1. The molecule has 3 aliphatic heterocycles. The van der Waals surface area contributed by atoms with Gasteiger partial charge in [0.2, 0.25) is 0 Å². The van der Waals surface area contributed by atoms with Gasteiger partial charge in [-0.15, -0.1) is 0 Å². The fourth-order valence-electron chi connectivity index (χ4n) is 4.88. The van der Waals surface area contributed by atoms with Crippen LogP contribution < -0.4 is 0 Å². The zero-order valence-electron chi connectivity index (χ0n) is 15.9. The molecule has 3 aliphatic rings. The Morgan fingerprint density at radius 2 is 1.83 bits per heavy atom. The van der Waals surface area contributed by atoms with Gasteiger partial charge in [-0.1, -0.05) is 17.7 Å². The summed E-state index contributed by atoms with van der Waals surface area (Å²) in [5, 5.41) is 10.4. The molecule has 0 saturated carbocycles. The molecule has 0 bridgehead atoms. The maximum atomic E-state index is 13.6. The van der Waals surface area contributed by atoms with Crippen molar-refractivity contribution < 1.29 is 23.1 Å². The molecular weight excluding hydrogens is 396 g/mol. The molecule has 0 unspecified atom stereocenters. The van der Waals surface area contributed by atoms with Crippen molar-refractivity contribution in [1.29, 1.82) is 0 Å². The van der Waals surface area contributed by atoms with Crippen LogP contribution in [-0.4, -0.2) is 69.5 Å². The molecular formula is C19H20N4O5S. The molecule has 152 valence electrons. The van der Waals surface area contributed by atoms with Crippen LogP contribution in [0.5, 0.6) is 0 Å². The third-order valence-corrected chi connectivity index (χ3v) is 7.89. The zero-order valence-corrected chi connectivity index (χ0v) is 16.7. The maximum absolute atomic E-state index is 13.6. The highest BCUT2D eigenvalue weighted by molar-refractivity contribution is 7.89. The number of hydrogen-bond acceptors (Lipinski definition) is 5. The van der Waals surface area contributed by atoms with E-state index in [1.807, 2.05) is 6.92 Å². The SMILES string of the molecule is Cc1ccc(S(=O)(=O)N2C(=O)N(C)[C@H]3n4cccc4C(=O)N4C[C@H](O)C[C@]342)cc1. The zero-order chi connectivity index (χ0) is 20.7. The van der Waals surface area contributed by atoms with Crippen molar-refractivity contribution in [3.63, 3.8) is 0 Å². The topological polar surface area (TPSA) is 103 Å². The summed E-state index contributed by atoms with van der Waals surface area (Å²) in [4.78, 5) is 29.1. The summed E-state index contributed by atoms with van der Waals surface area (Å²) in [6, 6.07) is 8.80. The molecule has 1 aromatic carbocycles. The third-order valence-electron chi connectivity index (χ3n) is 6.07. The molecule has 29 heavy (non-hydrogen) atoms. The van der Waals surface area contributed by atoms with Gasteiger partial charge < -0.3 is 19.5 Å². The first-order valence-electron chi connectivity index (χ1n) is 9.25. The molecule has 3 atom stereocenters. The van der Waals surface area contributed by atoms with Gasteiger partial charge in [0.05, 0.1) is 11.0 Å². The smallest absolute Gasteiger partial charge is 0.337 e. The van der Waals surface area contributed by atoms with Gasteiger partial charge in [-0.25, -0.2) is 13.2 Å². The summed E-state index contributed by atoms with van der Waals surface area (Å²) in [6.07, 6.45) is -0.105. The minimum atomic E-state index is -4.28. The number of carbonyl (C=O) groups is 2. The van der Waals surface area contributed by atoms with Gasteiger partial charge in [0.1, 0.15) is 5.69 Å². The van der Waals surface area contributed by atoms with Gasteiger partial charge in [-0.2, -0.15) is 4.31 Å². The number of aryl methyl sites for hydroxylation is 1. The Balaban J connectivity index is 1.77. The average molecular weight is 416 g/mol. The Hall–Kier alpha value is -2.85. The van der Waals surface area contributed by atoms with Crippen molar-refractivity contribution in [2.75, 3.05) is 13.6 Å². The third kappa shape index (κ3) is 2.10. The Kier molecular flexibility index (Phi) is 3.52. The van der Waals surface area contributed by atoms with Gasteiger partial charge in [0.15, 0.2) is 11.8 Å². The largest absolute Gasteiger partial charge is 0.391 e. The molecule has 1 N–H and O–H groups in total. The van der Waals surface area contributed by atoms with Gasteiger partial charge in [0.25, 0.3) is 15.9 Å². The number of urea groups is 1. The lowest BCUT2D eigenvalue weighted by molar-refractivity contribution is -0.00668. The average Bonchev–Trinajstić information content (AvgIpc) is 3.32. The summed E-state index contributed by atoms with van der Waals surface area (Å²) in [7, 11) is -2.76. The lowest BCUT2D eigenvalue weighted by Gasteiger charge is -2.47. The Labute approximate surface area is 167 Å². The quantitative estimate of drug-likeness (QED) is 0.786. The Morgan fingerprint density at radius 3 is 2.52 bits per heavy atom. The molecule has 0 aliphatic carbocycles. The van der Waals surface area contributed by atoms with Crippen LogP contribution in [0.2, 0.25) is 0 Å². The summed E-state index contributed by atoms with van der Waals surface area (Å²) < 4.78 is 29.6. The summed E-state index contributed by atoms with van der Waals surface area (Å²) >= 11 is 0. The number of nitrogens with zero attached hydrogens (tertiary/aromatic N) is 4. The highest BCUT2D eigenvalue weighted by Crippen LogP contribution is 2.53. The lowest BCUT2D eigenvalue weighted by Crippen LogP contribution is -2.64. The van der Waals surface area contributed by atoms with Crippen molar-refractivity contribution in [3.8, 4) is 0 Å². The second-order valence-corrected chi connectivity index (χ2v) is 9.59. The van der Waals surface area contributed by atoms with Crippen LogP contribution in [0.1, 0.15) is 28.6 Å². The fraction of sp³-hybridized carbons (Fsp3) is 0.368. The van der Waals surface area contributed by atoms with E-state index in [1.54, 1.807) is 35.0 Å². The second kappa shape index (κ2) is 5.61. The molecule has 5 rings (SSSR count). The number of rotatable bonds is 2. The maximum Gasteiger partial charge on any atom is 0.337 e. The van der Waals surface area contributed by atoms with E-state index in [-0.39, 0.29) is 17.9 Å². The van der Waals surface area contributed by atoms with Crippen molar-refractivity contribution in [3.05, 3.63) is 53.9 Å². The number of sulfonamides is 1. The van der Waals surface area contributed by atoms with Crippen LogP contribution in [0.4, 0.5) is 4.79 Å². The molecule has 10 heteroatoms. The Morgan fingerprint density at radius 1 is 1.14 bits per heavy atom. The molecule has 2 fully saturated rings. The standard InChI is InChI=1S/C19H20N4O5S/c1-12-5-7-14(8-6-12)29(27,28)23-18(26)20(2)17-19(23)10-13(24)11-22(19)16(25)15-4-3-9-21(15)17/h3-9,13,17,24H,10-11H2,1-2H3/t13-,17+,19+/m1/s1. The van der Waals surface area contributed by atoms with Gasteiger partial charge in [0, 0.05) is 26.2 Å². The summed E-state index contributed by atoms with van der Waals surface area (Å²) in [6.45, 7) is 1.80. The minimum absolute atomic E-state index is 0.0352. The summed E-state index contributed by atoms with van der Waals surface area (Å²) in [5.74, 6) is -0.407. The van der Waals surface area contributed by atoms with E-state index in [0.29, 0.717) is 5.69 Å². The summed E-state index contributed by atoms with van der Waals surface area (Å²) in [5.41, 5.74) is -0.292. The molecule has 2 aromatic rings. The number of amides is 3. The van der Waals surface area contributed by atoms with Crippen LogP contribution in [0.25, 0.3) is 0 Å². The van der Waals surface area contributed by atoms with Crippen molar-refractivity contribution in [2.24, 2.45) is 0 Å². The van der Waals surface area contributed by atoms with Gasteiger partial charge in [-0.3, -0.25) is 4.79 Å². The van der Waals surface area contributed by atoms with E-state index in [0.717, 1.165) is 9.87 Å². The first-order chi connectivity index (χ1) is 13.7. The van der Waals surface area contributed by atoms with Crippen LogP contribution in [0.3, 0.4) is 0 Å². The van der Waals surface area contributed by atoms with Gasteiger partial charge in [-0.05, 0) is 31.2 Å². The van der Waals surface area contributed by atoms with E-state index < -0.39 is 39.9 Å². The van der Waals surface area contributed by atoms with Crippen LogP contribution >= 0.6 is 0 Å². The second-order valence-electron chi connectivity index (χ2n) is 7.80. The van der Waals surface area contributed by atoms with E-state index in [4.69, 9.17) is 0 Å². The monoisotopic (exact) mass is 416 g/mol. The predicted octanol–water partition coefficient (Wildman–Crippen LogP) is 0.968. The van der Waals surface area contributed by atoms with E-state index in [9.17, 15) is 23.1 Å². The van der Waals surface area contributed by atoms with Crippen molar-refractivity contribution in [2.45, 2.75) is 36.2 Å². The number of fused-ring (bicyclic) bond motifs is 2. The molecule has 9 nitrogen and oxygen atoms in total. The minimum Gasteiger partial charge on any atom is -0.391 e. The Bertz CT molecular complexity index is 1140. The number of carbonyl (C=O) groups excluding carboxylic acids is 2. The van der Waals surface area contributed by atoms with Crippen LogP contribution in [0.15, 0.2) is 47.5 Å². The van der Waals surface area contributed by atoms with Crippen molar-refractivity contribution >= 4 is 22.0 Å². The number of aromatic nitrogens is 1. The normalized spacial score (nSPS) is 28.6. The van der Waals surface area contributed by atoms with E-state index in [1.165, 1.54) is 29.0 Å². The first-order valence-corrected chi connectivity index (χ1v) is 10.7. The molecule has 1 aromatic heterocycles. The highest BCUT2D eigenvalue weighted by atomic mass is 32.2.